The molecule has 7 nitrogen and oxygen atoms in total. The van der Waals surface area contributed by atoms with Crippen LogP contribution in [0.5, 0.6) is 11.5 Å². The molecule has 1 aromatic heterocycles. The minimum absolute atomic E-state index is 0.121. The molecule has 1 aliphatic rings. The van der Waals surface area contributed by atoms with E-state index in [1.165, 1.54) is 13.5 Å². The number of esters is 1. The molecule has 1 N–H and O–H groups in total. The van der Waals surface area contributed by atoms with Crippen molar-refractivity contribution < 1.29 is 19.0 Å². The maximum Gasteiger partial charge on any atom is 0.310 e. The molecular weight excluding hydrogens is 466 g/mol. The zero-order valence-electron chi connectivity index (χ0n) is 23.5. The summed E-state index contributed by atoms with van der Waals surface area (Å²) in [5, 5.41) is 3.57. The monoisotopic (exact) mass is 507 g/mol. The van der Waals surface area contributed by atoms with Crippen LogP contribution in [0.25, 0.3) is 11.0 Å². The summed E-state index contributed by atoms with van der Waals surface area (Å²) < 4.78 is 18.8. The van der Waals surface area contributed by atoms with Gasteiger partial charge in [-0.3, -0.25) is 4.79 Å². The molecule has 2 aromatic carbocycles. The van der Waals surface area contributed by atoms with Crippen LogP contribution in [-0.2, 0) is 16.0 Å². The predicted octanol–water partition coefficient (Wildman–Crippen LogP) is 7.07. The number of carbonyl (C=O) groups is 1. The van der Waals surface area contributed by atoms with Crippen molar-refractivity contribution in [1.29, 1.82) is 0 Å². The van der Waals surface area contributed by atoms with Crippen LogP contribution in [-0.4, -0.2) is 35.8 Å². The first-order valence-electron chi connectivity index (χ1n) is 13.1. The lowest BCUT2D eigenvalue weighted by Crippen LogP contribution is -2.35. The molecule has 1 saturated carbocycles. The van der Waals surface area contributed by atoms with E-state index in [2.05, 4.69) is 37.6 Å². The molecule has 0 spiro atoms. The number of ether oxygens (including phenoxy) is 3. The van der Waals surface area contributed by atoms with E-state index in [-0.39, 0.29) is 35.4 Å². The number of benzene rings is 2. The molecule has 0 unspecified atom stereocenters. The van der Waals surface area contributed by atoms with Crippen molar-refractivity contribution in [3.05, 3.63) is 42.0 Å². The molecule has 200 valence electrons. The van der Waals surface area contributed by atoms with Crippen LogP contribution >= 0.6 is 0 Å². The molecule has 1 heterocycles. The Morgan fingerprint density at radius 2 is 1.73 bits per heavy atom. The van der Waals surface area contributed by atoms with E-state index in [9.17, 15) is 4.79 Å². The van der Waals surface area contributed by atoms with Gasteiger partial charge in [-0.15, -0.1) is 0 Å². The number of nitrogens with one attached hydrogen (secondary N) is 1. The Bertz CT molecular complexity index is 1240. The summed E-state index contributed by atoms with van der Waals surface area (Å²) in [4.78, 5) is 17.1. The van der Waals surface area contributed by atoms with Gasteiger partial charge in [0.2, 0.25) is 5.95 Å². The summed E-state index contributed by atoms with van der Waals surface area (Å²) in [7, 11) is 3.03. The molecule has 0 saturated heterocycles. The Morgan fingerprint density at radius 1 is 1.08 bits per heavy atom. The summed E-state index contributed by atoms with van der Waals surface area (Å²) >= 11 is 0. The summed E-state index contributed by atoms with van der Waals surface area (Å²) in [6.45, 7) is 13.5. The molecule has 0 atom stereocenters. The summed E-state index contributed by atoms with van der Waals surface area (Å²) in [5.74, 6) is 1.97. The molecule has 0 bridgehead atoms. The van der Waals surface area contributed by atoms with Crippen LogP contribution in [0.15, 0.2) is 36.4 Å². The first-order chi connectivity index (χ1) is 17.4. The number of hydrogen-bond acceptors (Lipinski definition) is 6. The minimum atomic E-state index is -0.310. The number of rotatable bonds is 8. The topological polar surface area (TPSA) is 74.6 Å². The van der Waals surface area contributed by atoms with Gasteiger partial charge in [0, 0.05) is 23.4 Å². The van der Waals surface area contributed by atoms with Crippen molar-refractivity contribution in [2.45, 2.75) is 79.4 Å². The second-order valence-corrected chi connectivity index (χ2v) is 12.1. The van der Waals surface area contributed by atoms with Gasteiger partial charge >= 0.3 is 5.97 Å². The summed E-state index contributed by atoms with van der Waals surface area (Å²) in [6.07, 6.45) is 3.52. The van der Waals surface area contributed by atoms with E-state index in [0.717, 1.165) is 46.8 Å². The Hall–Kier alpha value is -3.22. The largest absolute Gasteiger partial charge is 0.496 e. The van der Waals surface area contributed by atoms with Crippen LogP contribution in [0.4, 0.5) is 11.6 Å². The van der Waals surface area contributed by atoms with Gasteiger partial charge in [0.25, 0.3) is 0 Å². The standard InChI is InChI=1S/C30H41N3O4/c1-19(2)37-23-11-9-21(10-12-23)31-28-32-24-13-20(14-27(34)36-8)26(35-7)15-25(24)33(28)22-16-29(3,4)18-30(5,6)17-22/h9-13,15,19,22H,14,16-18H2,1-8H3,(H,31,32). The summed E-state index contributed by atoms with van der Waals surface area (Å²) in [6, 6.07) is 12.2. The lowest BCUT2D eigenvalue weighted by atomic mass is 9.63. The van der Waals surface area contributed by atoms with Gasteiger partial charge in [-0.05, 0) is 74.3 Å². The Labute approximate surface area is 220 Å². The van der Waals surface area contributed by atoms with Crippen LogP contribution in [0.2, 0.25) is 0 Å². The molecule has 0 aliphatic heterocycles. The molecule has 4 rings (SSSR count). The van der Waals surface area contributed by atoms with Crippen LogP contribution in [0.3, 0.4) is 0 Å². The highest BCUT2D eigenvalue weighted by atomic mass is 16.5. The minimum Gasteiger partial charge on any atom is -0.496 e. The van der Waals surface area contributed by atoms with Crippen LogP contribution in [0.1, 0.15) is 72.4 Å². The van der Waals surface area contributed by atoms with E-state index >= 15 is 0 Å². The fourth-order valence-electron chi connectivity index (χ4n) is 6.17. The third kappa shape index (κ3) is 6.20. The van der Waals surface area contributed by atoms with Crippen molar-refractivity contribution in [3.8, 4) is 11.5 Å². The van der Waals surface area contributed by atoms with E-state index in [0.29, 0.717) is 5.75 Å². The maximum atomic E-state index is 12.1. The van der Waals surface area contributed by atoms with Gasteiger partial charge < -0.3 is 24.1 Å². The zero-order valence-corrected chi connectivity index (χ0v) is 23.5. The van der Waals surface area contributed by atoms with Crippen molar-refractivity contribution in [2.24, 2.45) is 10.8 Å². The highest BCUT2D eigenvalue weighted by Crippen LogP contribution is 2.51. The highest BCUT2D eigenvalue weighted by Gasteiger charge is 2.40. The molecule has 3 aromatic rings. The van der Waals surface area contributed by atoms with Crippen molar-refractivity contribution >= 4 is 28.6 Å². The molecule has 0 radical (unpaired) electrons. The fraction of sp³-hybridized carbons (Fsp3) is 0.533. The number of anilines is 2. The number of fused-ring (bicyclic) bond motifs is 1. The smallest absolute Gasteiger partial charge is 0.310 e. The molecule has 1 aliphatic carbocycles. The molecule has 0 amide bonds. The Balaban J connectivity index is 1.81. The third-order valence-electron chi connectivity index (χ3n) is 7.04. The van der Waals surface area contributed by atoms with Gasteiger partial charge in [0.15, 0.2) is 0 Å². The van der Waals surface area contributed by atoms with E-state index in [1.807, 2.05) is 50.2 Å². The van der Waals surface area contributed by atoms with Gasteiger partial charge in [0.05, 0.1) is 37.8 Å². The van der Waals surface area contributed by atoms with Gasteiger partial charge in [-0.25, -0.2) is 4.98 Å². The van der Waals surface area contributed by atoms with Gasteiger partial charge in [-0.2, -0.15) is 0 Å². The number of carbonyl (C=O) groups excluding carboxylic acids is 1. The lowest BCUT2D eigenvalue weighted by molar-refractivity contribution is -0.139. The van der Waals surface area contributed by atoms with Crippen LogP contribution < -0.4 is 14.8 Å². The Morgan fingerprint density at radius 3 is 2.30 bits per heavy atom. The van der Waals surface area contributed by atoms with Crippen molar-refractivity contribution in [2.75, 3.05) is 19.5 Å². The number of aromatic nitrogens is 2. The Kier molecular flexibility index (Phi) is 7.45. The average Bonchev–Trinajstić information content (AvgIpc) is 3.13. The number of nitrogens with zero attached hydrogens (tertiary/aromatic N) is 2. The number of imidazole rings is 1. The van der Waals surface area contributed by atoms with Crippen molar-refractivity contribution in [1.82, 2.24) is 9.55 Å². The van der Waals surface area contributed by atoms with E-state index < -0.39 is 0 Å². The average molecular weight is 508 g/mol. The maximum absolute atomic E-state index is 12.1. The second kappa shape index (κ2) is 10.3. The highest BCUT2D eigenvalue weighted by molar-refractivity contribution is 5.85. The molecule has 37 heavy (non-hydrogen) atoms. The first kappa shape index (κ1) is 26.8. The third-order valence-corrected chi connectivity index (χ3v) is 7.04. The SMILES string of the molecule is COC(=O)Cc1cc2nc(Nc3ccc(OC(C)C)cc3)n(C3CC(C)(C)CC(C)(C)C3)c2cc1OC. The normalized spacial score (nSPS) is 17.1. The van der Waals surface area contributed by atoms with Gasteiger partial charge in [0.1, 0.15) is 11.5 Å². The van der Waals surface area contributed by atoms with Crippen molar-refractivity contribution in [3.63, 3.8) is 0 Å². The number of methoxy groups -OCH3 is 2. The quantitative estimate of drug-likeness (QED) is 0.329. The first-order valence-corrected chi connectivity index (χ1v) is 13.1. The molecular formula is C30H41N3O4. The van der Waals surface area contributed by atoms with E-state index in [1.54, 1.807) is 7.11 Å². The molecule has 7 heteroatoms. The van der Waals surface area contributed by atoms with Crippen LogP contribution in [0, 0.1) is 10.8 Å². The van der Waals surface area contributed by atoms with E-state index in [4.69, 9.17) is 19.2 Å². The zero-order chi connectivity index (χ0) is 27.0. The number of hydrogen-bond donors (Lipinski definition) is 1. The second-order valence-electron chi connectivity index (χ2n) is 12.1. The fourth-order valence-corrected chi connectivity index (χ4v) is 6.17. The molecule has 1 fully saturated rings. The lowest BCUT2D eigenvalue weighted by Gasteiger charge is -2.45. The van der Waals surface area contributed by atoms with Gasteiger partial charge in [-0.1, -0.05) is 27.7 Å². The summed E-state index contributed by atoms with van der Waals surface area (Å²) in [5.41, 5.74) is 3.91. The predicted molar refractivity (Wildman–Crippen MR) is 148 cm³/mol.